The van der Waals surface area contributed by atoms with Crippen LogP contribution in [0.1, 0.15) is 29.5 Å². The van der Waals surface area contributed by atoms with Crippen molar-refractivity contribution in [2.75, 3.05) is 12.1 Å². The van der Waals surface area contributed by atoms with E-state index >= 15 is 0 Å². The number of rotatable bonds is 3. The van der Waals surface area contributed by atoms with Crippen LogP contribution in [0.15, 0.2) is 28.9 Å². The molecule has 0 saturated heterocycles. The van der Waals surface area contributed by atoms with Gasteiger partial charge in [0.1, 0.15) is 5.82 Å². The highest BCUT2D eigenvalue weighted by molar-refractivity contribution is 9.10. The number of aromatic nitrogens is 1. The molecular weight excluding hydrogens is 372 g/mol. The summed E-state index contributed by atoms with van der Waals surface area (Å²) in [5.74, 6) is 2.04. The van der Waals surface area contributed by atoms with Crippen molar-refractivity contribution in [2.45, 2.75) is 32.1 Å². The third-order valence-corrected chi connectivity index (χ3v) is 5.72. The molecule has 2 aromatic rings. The van der Waals surface area contributed by atoms with Crippen LogP contribution in [0.25, 0.3) is 0 Å². The number of anilines is 1. The van der Waals surface area contributed by atoms with Crippen LogP contribution in [0, 0.1) is 13.8 Å². The molecule has 2 aliphatic rings. The van der Waals surface area contributed by atoms with Crippen molar-refractivity contribution in [1.29, 1.82) is 0 Å². The summed E-state index contributed by atoms with van der Waals surface area (Å²) in [4.78, 5) is 17.3. The van der Waals surface area contributed by atoms with Gasteiger partial charge in [-0.2, -0.15) is 0 Å². The van der Waals surface area contributed by atoms with Crippen molar-refractivity contribution >= 4 is 27.7 Å². The van der Waals surface area contributed by atoms with E-state index in [1.54, 1.807) is 6.20 Å². The van der Waals surface area contributed by atoms with Gasteiger partial charge in [0.25, 0.3) is 0 Å². The number of ether oxygens (including phenoxy) is 2. The maximum absolute atomic E-state index is 12.9. The monoisotopic (exact) mass is 388 g/mol. The summed E-state index contributed by atoms with van der Waals surface area (Å²) in [7, 11) is 0. The van der Waals surface area contributed by atoms with Gasteiger partial charge in [-0.25, -0.2) is 4.98 Å². The van der Waals surface area contributed by atoms with Crippen LogP contribution in [0.2, 0.25) is 0 Å². The lowest BCUT2D eigenvalue weighted by Gasteiger charge is -2.17. The van der Waals surface area contributed by atoms with Gasteiger partial charge in [-0.1, -0.05) is 6.07 Å². The summed E-state index contributed by atoms with van der Waals surface area (Å²) in [5.41, 5.74) is 2.53. The zero-order valence-corrected chi connectivity index (χ0v) is 15.1. The first-order chi connectivity index (χ1) is 11.5. The Kier molecular flexibility index (Phi) is 3.53. The van der Waals surface area contributed by atoms with Gasteiger partial charge in [0, 0.05) is 10.7 Å². The van der Waals surface area contributed by atoms with E-state index in [4.69, 9.17) is 9.47 Å². The molecule has 0 bridgehead atoms. The largest absolute Gasteiger partial charge is 0.454 e. The normalized spacial score (nSPS) is 16.8. The van der Waals surface area contributed by atoms with Gasteiger partial charge in [0.15, 0.2) is 11.5 Å². The second-order valence-corrected chi connectivity index (χ2v) is 7.16. The molecule has 1 amide bonds. The van der Waals surface area contributed by atoms with Crippen molar-refractivity contribution in [1.82, 2.24) is 4.98 Å². The van der Waals surface area contributed by atoms with Crippen LogP contribution in [0.4, 0.5) is 5.82 Å². The van der Waals surface area contributed by atoms with Gasteiger partial charge in [0.2, 0.25) is 12.7 Å². The van der Waals surface area contributed by atoms with Crippen molar-refractivity contribution in [3.05, 3.63) is 45.6 Å². The fraction of sp³-hybridized carbons (Fsp3) is 0.333. The molecule has 24 heavy (non-hydrogen) atoms. The summed E-state index contributed by atoms with van der Waals surface area (Å²) in [6.07, 6.45) is 3.37. The van der Waals surface area contributed by atoms with E-state index in [1.165, 1.54) is 0 Å². The minimum absolute atomic E-state index is 0.0151. The van der Waals surface area contributed by atoms with Gasteiger partial charge < -0.3 is 14.8 Å². The fourth-order valence-corrected chi connectivity index (χ4v) is 3.39. The number of hydrogen-bond acceptors (Lipinski definition) is 4. The van der Waals surface area contributed by atoms with E-state index < -0.39 is 5.41 Å². The molecular formula is C18H17BrN2O3. The second kappa shape index (κ2) is 5.48. The van der Waals surface area contributed by atoms with E-state index in [0.29, 0.717) is 11.6 Å². The van der Waals surface area contributed by atoms with E-state index in [-0.39, 0.29) is 12.7 Å². The molecule has 1 aliphatic heterocycles. The highest BCUT2D eigenvalue weighted by Crippen LogP contribution is 2.51. The van der Waals surface area contributed by atoms with Gasteiger partial charge in [-0.05, 0) is 71.4 Å². The summed E-state index contributed by atoms with van der Waals surface area (Å²) < 4.78 is 11.7. The summed E-state index contributed by atoms with van der Waals surface area (Å²) >= 11 is 3.46. The van der Waals surface area contributed by atoms with Gasteiger partial charge in [-0.3, -0.25) is 4.79 Å². The van der Waals surface area contributed by atoms with Gasteiger partial charge in [-0.15, -0.1) is 0 Å². The molecule has 2 heterocycles. The molecule has 0 unspecified atom stereocenters. The molecule has 1 N–H and O–H groups in total. The quantitative estimate of drug-likeness (QED) is 0.866. The van der Waals surface area contributed by atoms with E-state index in [0.717, 1.165) is 39.8 Å². The molecule has 0 atom stereocenters. The number of pyridine rings is 1. The number of carbonyl (C=O) groups is 1. The third-order valence-electron chi connectivity index (χ3n) is 4.92. The number of nitrogens with zero attached hydrogens (tertiary/aromatic N) is 1. The van der Waals surface area contributed by atoms with Crippen LogP contribution in [-0.4, -0.2) is 17.7 Å². The first-order valence-electron chi connectivity index (χ1n) is 7.84. The van der Waals surface area contributed by atoms with E-state index in [9.17, 15) is 4.79 Å². The Labute approximate surface area is 148 Å². The summed E-state index contributed by atoms with van der Waals surface area (Å²) in [6, 6.07) is 5.74. The minimum atomic E-state index is -0.490. The maximum atomic E-state index is 12.9. The number of halogens is 1. The average molecular weight is 389 g/mol. The van der Waals surface area contributed by atoms with E-state index in [2.05, 4.69) is 26.2 Å². The Balaban J connectivity index is 1.61. The predicted molar refractivity (Wildman–Crippen MR) is 93.5 cm³/mol. The van der Waals surface area contributed by atoms with Crippen LogP contribution in [0.3, 0.4) is 0 Å². The SMILES string of the molecule is Cc1c(Br)cnc(NC(=O)C2(c3ccc4c(c3)OCO4)CC2)c1C. The number of fused-ring (bicyclic) bond motifs is 1. The van der Waals surface area contributed by atoms with Crippen molar-refractivity contribution < 1.29 is 14.3 Å². The van der Waals surface area contributed by atoms with Gasteiger partial charge >= 0.3 is 0 Å². The molecule has 1 saturated carbocycles. The lowest BCUT2D eigenvalue weighted by Crippen LogP contribution is -2.28. The lowest BCUT2D eigenvalue weighted by molar-refractivity contribution is -0.118. The molecule has 1 aromatic heterocycles. The van der Waals surface area contributed by atoms with Crippen molar-refractivity contribution in [3.8, 4) is 11.5 Å². The minimum Gasteiger partial charge on any atom is -0.454 e. The predicted octanol–water partition coefficient (Wildman–Crippen LogP) is 3.86. The molecule has 1 aliphatic carbocycles. The first kappa shape index (κ1) is 15.4. The van der Waals surface area contributed by atoms with Crippen molar-refractivity contribution in [3.63, 3.8) is 0 Å². The van der Waals surface area contributed by atoms with Crippen molar-refractivity contribution in [2.24, 2.45) is 0 Å². The Morgan fingerprint density at radius 3 is 2.71 bits per heavy atom. The Bertz CT molecular complexity index is 846. The molecule has 124 valence electrons. The Hall–Kier alpha value is -2.08. The maximum Gasteiger partial charge on any atom is 0.236 e. The number of nitrogens with one attached hydrogen (secondary N) is 1. The summed E-state index contributed by atoms with van der Waals surface area (Å²) in [5, 5.41) is 3.00. The lowest BCUT2D eigenvalue weighted by atomic mass is 9.94. The summed E-state index contributed by atoms with van der Waals surface area (Å²) in [6.45, 7) is 4.20. The number of benzene rings is 1. The Morgan fingerprint density at radius 2 is 1.96 bits per heavy atom. The molecule has 5 nitrogen and oxygen atoms in total. The van der Waals surface area contributed by atoms with Crippen LogP contribution in [0.5, 0.6) is 11.5 Å². The number of hydrogen-bond donors (Lipinski definition) is 1. The molecule has 1 fully saturated rings. The molecule has 6 heteroatoms. The Morgan fingerprint density at radius 1 is 1.21 bits per heavy atom. The first-order valence-corrected chi connectivity index (χ1v) is 8.64. The highest BCUT2D eigenvalue weighted by Gasteiger charge is 2.51. The number of carbonyl (C=O) groups excluding carboxylic acids is 1. The van der Waals surface area contributed by atoms with Crippen LogP contribution < -0.4 is 14.8 Å². The molecule has 1 aromatic carbocycles. The smallest absolute Gasteiger partial charge is 0.236 e. The molecule has 0 radical (unpaired) electrons. The average Bonchev–Trinajstić information content (AvgIpc) is 3.26. The molecule has 0 spiro atoms. The highest BCUT2D eigenvalue weighted by atomic mass is 79.9. The fourth-order valence-electron chi connectivity index (χ4n) is 2.99. The zero-order valence-electron chi connectivity index (χ0n) is 13.5. The second-order valence-electron chi connectivity index (χ2n) is 6.31. The van der Waals surface area contributed by atoms with Gasteiger partial charge in [0.05, 0.1) is 5.41 Å². The van der Waals surface area contributed by atoms with E-state index in [1.807, 2.05) is 32.0 Å². The molecule has 4 rings (SSSR count). The van der Waals surface area contributed by atoms with Crippen LogP contribution in [-0.2, 0) is 10.2 Å². The third kappa shape index (κ3) is 2.36. The zero-order chi connectivity index (χ0) is 16.9. The standard InChI is InChI=1S/C18H17BrN2O3/c1-10-11(2)16(20-8-13(10)19)21-17(22)18(5-6-18)12-3-4-14-15(7-12)24-9-23-14/h3-4,7-8H,5-6,9H2,1-2H3,(H,20,21,22). The van der Waals surface area contributed by atoms with Crippen LogP contribution >= 0.6 is 15.9 Å². The topological polar surface area (TPSA) is 60.5 Å². The number of amides is 1.